The second-order valence-electron chi connectivity index (χ2n) is 16.4. The minimum Gasteiger partial charge on any atom is -0.512 e. The molecule has 0 spiro atoms. The van der Waals surface area contributed by atoms with Crippen molar-refractivity contribution < 1.29 is 34.4 Å². The van der Waals surface area contributed by atoms with Gasteiger partial charge in [-0.25, -0.2) is 0 Å². The average molecular weight is 897 g/mol. The maximum atomic E-state index is 12.2. The fourth-order valence-corrected chi connectivity index (χ4v) is 8.68. The number of benzene rings is 3. The number of carbonyl (C=O) groups is 1. The van der Waals surface area contributed by atoms with E-state index in [0.717, 1.165) is 59.9 Å². The minimum absolute atomic E-state index is 0. The second-order valence-corrected chi connectivity index (χ2v) is 17.8. The number of aliphatic hydroxyl groups excluding tert-OH is 1. The first-order valence-electron chi connectivity index (χ1n) is 19.0. The zero-order valence-electron chi connectivity index (χ0n) is 33.1. The largest absolute Gasteiger partial charge is 0.512 e. The molecule has 2 aromatic heterocycles. The van der Waals surface area contributed by atoms with Gasteiger partial charge in [0.05, 0.1) is 0 Å². The summed E-state index contributed by atoms with van der Waals surface area (Å²) in [6.07, 6.45) is 9.03. The zero-order chi connectivity index (χ0) is 37.3. The monoisotopic (exact) mass is 897 g/mol. The molecule has 52 heavy (non-hydrogen) atoms. The number of furan rings is 1. The van der Waals surface area contributed by atoms with E-state index in [2.05, 4.69) is 89.2 Å². The van der Waals surface area contributed by atoms with Crippen LogP contribution in [0.3, 0.4) is 0 Å². The Morgan fingerprint density at radius 2 is 1.62 bits per heavy atom. The smallest absolute Gasteiger partial charge is 0.164 e. The Balaban J connectivity index is 0.000000289. The molecule has 0 amide bonds. The summed E-state index contributed by atoms with van der Waals surface area (Å²) in [5, 5.41) is 15.6. The Morgan fingerprint density at radius 3 is 2.23 bits per heavy atom. The summed E-state index contributed by atoms with van der Waals surface area (Å²) >= 11 is 2.03. The van der Waals surface area contributed by atoms with Crippen LogP contribution in [0.4, 0.5) is 0 Å². The van der Waals surface area contributed by atoms with Crippen LogP contribution in [0.1, 0.15) is 119 Å². The summed E-state index contributed by atoms with van der Waals surface area (Å²) in [4.78, 5) is 18.4. The fraction of sp³-hybridized carbons (Fsp3) is 0.478. The van der Waals surface area contributed by atoms with Gasteiger partial charge in [0.1, 0.15) is 16.9 Å². The van der Waals surface area contributed by atoms with E-state index in [1.54, 1.807) is 0 Å². The van der Waals surface area contributed by atoms with E-state index in [4.69, 9.17) is 9.40 Å². The molecule has 1 atom stereocenters. The molecular formula is C46H58IrNO3S-. The van der Waals surface area contributed by atoms with Gasteiger partial charge in [-0.3, -0.25) is 9.78 Å². The molecule has 0 saturated heterocycles. The number of ketones is 1. The zero-order valence-corrected chi connectivity index (χ0v) is 36.3. The minimum atomic E-state index is -0.337. The SMILES string of the molecule is CC(C)CC1Cc2c(ccc3oc4c(-c5[c-]c6ccccc6c(C(C)(C)C)c5)nccc4c23)S1.CCC(C)(CC)C(=O)/C=C(\O)C(C)(CC)CC.[Ir]. The topological polar surface area (TPSA) is 63.3 Å². The van der Waals surface area contributed by atoms with Crippen LogP contribution in [0.25, 0.3) is 44.0 Å². The third kappa shape index (κ3) is 8.40. The molecule has 1 aliphatic rings. The molecule has 1 unspecified atom stereocenters. The molecule has 1 N–H and O–H groups in total. The van der Waals surface area contributed by atoms with E-state index >= 15 is 0 Å². The predicted molar refractivity (Wildman–Crippen MR) is 218 cm³/mol. The molecule has 1 radical (unpaired) electrons. The molecule has 0 aliphatic carbocycles. The molecule has 6 rings (SSSR count). The molecule has 0 saturated carbocycles. The van der Waals surface area contributed by atoms with Crippen LogP contribution in [-0.2, 0) is 36.7 Å². The fourth-order valence-electron chi connectivity index (χ4n) is 7.12. The standard InChI is InChI=1S/C31H30NOS.C15H28O2.Ir/c1-18(2)14-21-17-24-27(34-21)11-10-26-28(24)23-12-13-32-29(30(23)33-26)20-15-19-8-6-7-9-22(19)25(16-20)31(3,4)5;1-7-14(5,8-2)12(16)11-13(17)15(6,9-3)10-4;/h6-13,16,18,21H,14,17H2,1-5H3;11,16H,7-10H2,1-6H3;/q-1;;/b;12-11-;. The van der Waals surface area contributed by atoms with Gasteiger partial charge in [0.25, 0.3) is 0 Å². The van der Waals surface area contributed by atoms with Gasteiger partial charge in [0, 0.05) is 69.8 Å². The molecule has 4 nitrogen and oxygen atoms in total. The molecule has 3 aromatic carbocycles. The molecule has 281 valence electrons. The van der Waals surface area contributed by atoms with Gasteiger partial charge in [-0.15, -0.1) is 40.9 Å². The second kappa shape index (κ2) is 16.6. The molecular weight excluding hydrogens is 839 g/mol. The van der Waals surface area contributed by atoms with Crippen LogP contribution in [0.15, 0.2) is 75.9 Å². The number of pyridine rings is 1. The van der Waals surface area contributed by atoms with E-state index in [1.807, 2.05) is 59.5 Å². The number of carbonyl (C=O) groups excluding carboxylic acids is 1. The average Bonchev–Trinajstić information content (AvgIpc) is 3.70. The summed E-state index contributed by atoms with van der Waals surface area (Å²) < 4.78 is 6.53. The van der Waals surface area contributed by atoms with E-state index in [9.17, 15) is 9.90 Å². The van der Waals surface area contributed by atoms with E-state index in [1.165, 1.54) is 44.7 Å². The van der Waals surface area contributed by atoms with Gasteiger partial charge in [-0.2, -0.15) is 0 Å². The number of nitrogens with zero attached hydrogens (tertiary/aromatic N) is 1. The Morgan fingerprint density at radius 1 is 0.962 bits per heavy atom. The Labute approximate surface area is 330 Å². The van der Waals surface area contributed by atoms with Crippen LogP contribution in [0, 0.1) is 22.8 Å². The van der Waals surface area contributed by atoms with Crippen molar-refractivity contribution in [1.82, 2.24) is 4.98 Å². The van der Waals surface area contributed by atoms with Crippen molar-refractivity contribution in [2.45, 2.75) is 130 Å². The third-order valence-corrected chi connectivity index (χ3v) is 12.8. The van der Waals surface area contributed by atoms with Crippen molar-refractivity contribution >= 4 is 50.3 Å². The van der Waals surface area contributed by atoms with Crippen molar-refractivity contribution in [2.24, 2.45) is 16.7 Å². The van der Waals surface area contributed by atoms with Gasteiger partial charge >= 0.3 is 0 Å². The van der Waals surface area contributed by atoms with E-state index < -0.39 is 0 Å². The van der Waals surface area contributed by atoms with Crippen molar-refractivity contribution in [3.8, 4) is 11.3 Å². The van der Waals surface area contributed by atoms with Crippen LogP contribution >= 0.6 is 11.8 Å². The molecule has 3 heterocycles. The van der Waals surface area contributed by atoms with Gasteiger partial charge in [0.15, 0.2) is 5.78 Å². The summed E-state index contributed by atoms with van der Waals surface area (Å²) in [6, 6.07) is 20.9. The Hall–Kier alpha value is -2.92. The van der Waals surface area contributed by atoms with Crippen molar-refractivity contribution in [2.75, 3.05) is 0 Å². The number of hydrogen-bond donors (Lipinski definition) is 1. The van der Waals surface area contributed by atoms with Gasteiger partial charge in [-0.1, -0.05) is 105 Å². The summed E-state index contributed by atoms with van der Waals surface area (Å²) in [7, 11) is 0. The first kappa shape index (κ1) is 41.8. The van der Waals surface area contributed by atoms with Crippen LogP contribution in [0.5, 0.6) is 0 Å². The normalized spacial score (nSPS) is 15.2. The van der Waals surface area contributed by atoms with Gasteiger partial charge in [-0.05, 0) is 73.6 Å². The number of fused-ring (bicyclic) bond motifs is 6. The third-order valence-electron chi connectivity index (χ3n) is 11.5. The van der Waals surface area contributed by atoms with E-state index in [0.29, 0.717) is 11.2 Å². The Kier molecular flexibility index (Phi) is 13.4. The van der Waals surface area contributed by atoms with Crippen LogP contribution in [0.2, 0.25) is 0 Å². The molecule has 6 heteroatoms. The summed E-state index contributed by atoms with van der Waals surface area (Å²) in [5.74, 6) is 0.994. The Bertz CT molecular complexity index is 2060. The first-order valence-corrected chi connectivity index (χ1v) is 19.9. The van der Waals surface area contributed by atoms with Crippen molar-refractivity contribution in [3.63, 3.8) is 0 Å². The molecule has 0 fully saturated rings. The van der Waals surface area contributed by atoms with Crippen molar-refractivity contribution in [3.05, 3.63) is 83.8 Å². The number of aliphatic hydroxyl groups is 1. The molecule has 5 aromatic rings. The number of rotatable bonds is 10. The number of thioether (sulfide) groups is 1. The number of allylic oxidation sites excluding steroid dienone is 2. The van der Waals surface area contributed by atoms with Gasteiger partial charge < -0.3 is 9.52 Å². The van der Waals surface area contributed by atoms with E-state index in [-0.39, 0.29) is 47.9 Å². The van der Waals surface area contributed by atoms with Crippen LogP contribution < -0.4 is 0 Å². The molecule has 0 bridgehead atoms. The summed E-state index contributed by atoms with van der Waals surface area (Å²) in [6.45, 7) is 23.5. The predicted octanol–water partition coefficient (Wildman–Crippen LogP) is 13.6. The molecule has 1 aliphatic heterocycles. The van der Waals surface area contributed by atoms with Gasteiger partial charge in [0.2, 0.25) is 0 Å². The number of hydrogen-bond acceptors (Lipinski definition) is 5. The quantitative estimate of drug-likeness (QED) is 0.0860. The maximum absolute atomic E-state index is 12.2. The maximum Gasteiger partial charge on any atom is 0.164 e. The van der Waals surface area contributed by atoms with Crippen LogP contribution in [-0.4, -0.2) is 21.1 Å². The number of aromatic nitrogens is 1. The summed E-state index contributed by atoms with van der Waals surface area (Å²) in [5.41, 5.74) is 5.87. The first-order chi connectivity index (χ1) is 24.1. The van der Waals surface area contributed by atoms with Crippen molar-refractivity contribution in [1.29, 1.82) is 0 Å².